The summed E-state index contributed by atoms with van der Waals surface area (Å²) >= 11 is 0. The van der Waals surface area contributed by atoms with Gasteiger partial charge in [-0.15, -0.1) is 0 Å². The lowest BCUT2D eigenvalue weighted by Crippen LogP contribution is -2.42. The van der Waals surface area contributed by atoms with Gasteiger partial charge in [0.05, 0.1) is 16.3 Å². The molecule has 0 fully saturated rings. The fourth-order valence-electron chi connectivity index (χ4n) is 3.18. The van der Waals surface area contributed by atoms with Gasteiger partial charge in [0.15, 0.2) is 6.61 Å². The Bertz CT molecular complexity index is 1230. The zero-order chi connectivity index (χ0) is 20.6. The average molecular weight is 412 g/mol. The Morgan fingerprint density at radius 1 is 1.10 bits per heavy atom. The van der Waals surface area contributed by atoms with Gasteiger partial charge in [-0.1, -0.05) is 36.4 Å². The molecule has 0 saturated carbocycles. The fraction of sp³-hybridized carbons (Fsp3) is 0.100. The van der Waals surface area contributed by atoms with E-state index in [9.17, 15) is 18.0 Å². The number of aliphatic carboxylic acids is 1. The largest absolute Gasteiger partial charge is 0.482 e. The maximum absolute atomic E-state index is 13.0. The summed E-state index contributed by atoms with van der Waals surface area (Å²) in [6, 6.07) is 16.6. The first-order valence-corrected chi connectivity index (χ1v) is 10.1. The molecule has 3 aromatic rings. The van der Waals surface area contributed by atoms with Gasteiger partial charge in [-0.05, 0) is 29.7 Å². The number of benzene rings is 3. The van der Waals surface area contributed by atoms with E-state index in [0.29, 0.717) is 5.69 Å². The fourth-order valence-corrected chi connectivity index (χ4v) is 4.28. The highest BCUT2D eigenvalue weighted by molar-refractivity contribution is 7.92. The number of sulfonamides is 1. The molecule has 29 heavy (non-hydrogen) atoms. The van der Waals surface area contributed by atoms with Crippen molar-refractivity contribution in [3.05, 3.63) is 60.7 Å². The van der Waals surface area contributed by atoms with Crippen LogP contribution in [0.1, 0.15) is 0 Å². The quantitative estimate of drug-likeness (QED) is 0.666. The van der Waals surface area contributed by atoms with Crippen LogP contribution in [-0.4, -0.2) is 38.6 Å². The van der Waals surface area contributed by atoms with Crippen LogP contribution in [0.15, 0.2) is 65.6 Å². The van der Waals surface area contributed by atoms with Crippen LogP contribution >= 0.6 is 0 Å². The molecule has 3 aromatic carbocycles. The Balaban J connectivity index is 1.73. The Hall–Kier alpha value is -3.59. The van der Waals surface area contributed by atoms with Gasteiger partial charge in [-0.25, -0.2) is 8.42 Å². The van der Waals surface area contributed by atoms with E-state index < -0.39 is 28.4 Å². The molecule has 0 bridgehead atoms. The molecule has 9 heteroatoms. The Morgan fingerprint density at radius 2 is 1.86 bits per heavy atom. The van der Waals surface area contributed by atoms with Crippen LogP contribution in [-0.2, 0) is 19.6 Å². The molecule has 2 N–H and O–H groups in total. The first-order valence-electron chi connectivity index (χ1n) is 8.65. The molecule has 0 spiro atoms. The Morgan fingerprint density at radius 3 is 2.66 bits per heavy atom. The molecule has 1 aliphatic rings. The molecule has 8 nitrogen and oxygen atoms in total. The van der Waals surface area contributed by atoms with Crippen molar-refractivity contribution in [3.8, 4) is 5.75 Å². The van der Waals surface area contributed by atoms with E-state index in [4.69, 9.17) is 9.84 Å². The van der Waals surface area contributed by atoms with Crippen LogP contribution in [0.4, 0.5) is 11.4 Å². The first-order chi connectivity index (χ1) is 13.8. The molecule has 1 heterocycles. The highest BCUT2D eigenvalue weighted by atomic mass is 32.2. The average Bonchev–Trinajstić information content (AvgIpc) is 2.69. The number of ether oxygens (including phenoxy) is 1. The second-order valence-corrected chi connectivity index (χ2v) is 8.11. The molecule has 1 aliphatic heterocycles. The molecule has 148 valence electrons. The molecule has 0 atom stereocenters. The van der Waals surface area contributed by atoms with Crippen molar-refractivity contribution in [3.63, 3.8) is 0 Å². The smallest absolute Gasteiger partial charge is 0.323 e. The van der Waals surface area contributed by atoms with Gasteiger partial charge in [0.25, 0.3) is 15.9 Å². The van der Waals surface area contributed by atoms with E-state index in [1.807, 2.05) is 24.3 Å². The summed E-state index contributed by atoms with van der Waals surface area (Å²) in [6.45, 7) is -0.893. The Labute approximate surface area is 166 Å². The topological polar surface area (TPSA) is 113 Å². The number of hydrogen-bond acceptors (Lipinski definition) is 5. The van der Waals surface area contributed by atoms with Gasteiger partial charge in [-0.3, -0.25) is 19.2 Å². The minimum atomic E-state index is -4.00. The summed E-state index contributed by atoms with van der Waals surface area (Å²) < 4.78 is 33.8. The van der Waals surface area contributed by atoms with Crippen LogP contribution in [0, 0.1) is 0 Å². The first kappa shape index (κ1) is 18.8. The predicted molar refractivity (Wildman–Crippen MR) is 107 cm³/mol. The van der Waals surface area contributed by atoms with Crippen LogP contribution < -0.4 is 14.4 Å². The molecule has 1 amide bonds. The number of nitrogens with one attached hydrogen (secondary N) is 1. The number of carbonyl (C=O) groups is 2. The van der Waals surface area contributed by atoms with Crippen LogP contribution in [0.25, 0.3) is 10.8 Å². The Kier molecular flexibility index (Phi) is 4.59. The summed E-state index contributed by atoms with van der Waals surface area (Å²) in [5.41, 5.74) is 0.514. The molecular formula is C20H16N2O6S. The van der Waals surface area contributed by atoms with Crippen molar-refractivity contribution in [1.29, 1.82) is 0 Å². The molecule has 0 aliphatic carbocycles. The van der Waals surface area contributed by atoms with Gasteiger partial charge in [0, 0.05) is 5.39 Å². The lowest BCUT2D eigenvalue weighted by atomic mass is 10.1. The number of anilines is 2. The molecule has 0 saturated heterocycles. The van der Waals surface area contributed by atoms with Crippen LogP contribution in [0.5, 0.6) is 5.75 Å². The number of nitrogens with zero attached hydrogens (tertiary/aromatic N) is 1. The molecular weight excluding hydrogens is 396 g/mol. The van der Waals surface area contributed by atoms with E-state index in [1.165, 1.54) is 18.2 Å². The summed E-state index contributed by atoms with van der Waals surface area (Å²) in [5, 5.41) is 10.7. The predicted octanol–water partition coefficient (Wildman–Crippen LogP) is 2.45. The highest BCUT2D eigenvalue weighted by Crippen LogP contribution is 2.35. The normalized spacial score (nSPS) is 13.7. The standard InChI is InChI=1S/C20H16N2O6S/c23-19-12-28-18-9-8-14(10-17(18)22(19)11-20(24)25)29(26,27)21-16-7-3-5-13-4-1-2-6-15(13)16/h1-10,21H,11-12H2,(H,24,25). The van der Waals surface area contributed by atoms with E-state index in [2.05, 4.69) is 4.72 Å². The number of fused-ring (bicyclic) bond motifs is 2. The van der Waals surface area contributed by atoms with E-state index in [0.717, 1.165) is 15.7 Å². The van der Waals surface area contributed by atoms with Gasteiger partial charge >= 0.3 is 5.97 Å². The summed E-state index contributed by atoms with van der Waals surface area (Å²) in [7, 11) is -4.00. The SMILES string of the molecule is O=C(O)CN1C(=O)COc2ccc(S(=O)(=O)Nc3cccc4ccccc34)cc21. The highest BCUT2D eigenvalue weighted by Gasteiger charge is 2.29. The summed E-state index contributed by atoms with van der Waals surface area (Å²) in [4.78, 5) is 24.1. The number of carbonyl (C=O) groups excluding carboxylic acids is 1. The zero-order valence-corrected chi connectivity index (χ0v) is 15.8. The molecule has 4 rings (SSSR count). The maximum Gasteiger partial charge on any atom is 0.323 e. The van der Waals surface area contributed by atoms with Crippen molar-refractivity contribution < 1.29 is 27.9 Å². The van der Waals surface area contributed by atoms with Crippen LogP contribution in [0.3, 0.4) is 0 Å². The third-order valence-corrected chi connectivity index (χ3v) is 5.87. The van der Waals surface area contributed by atoms with Gasteiger partial charge in [0.1, 0.15) is 12.3 Å². The van der Waals surface area contributed by atoms with Crippen molar-refractivity contribution in [1.82, 2.24) is 0 Å². The van der Waals surface area contributed by atoms with Crippen molar-refractivity contribution >= 4 is 44.0 Å². The van der Waals surface area contributed by atoms with E-state index in [1.54, 1.807) is 18.2 Å². The maximum atomic E-state index is 13.0. The zero-order valence-electron chi connectivity index (χ0n) is 15.0. The summed E-state index contributed by atoms with van der Waals surface area (Å²) in [6.07, 6.45) is 0. The number of hydrogen-bond donors (Lipinski definition) is 2. The van der Waals surface area contributed by atoms with Gasteiger partial charge in [0.2, 0.25) is 0 Å². The molecule has 0 aromatic heterocycles. The van der Waals surface area contributed by atoms with Gasteiger partial charge in [-0.2, -0.15) is 0 Å². The number of rotatable bonds is 5. The van der Waals surface area contributed by atoms with Crippen molar-refractivity contribution in [2.45, 2.75) is 4.90 Å². The van der Waals surface area contributed by atoms with Crippen molar-refractivity contribution in [2.24, 2.45) is 0 Å². The monoisotopic (exact) mass is 412 g/mol. The minimum Gasteiger partial charge on any atom is -0.482 e. The minimum absolute atomic E-state index is 0.101. The van der Waals surface area contributed by atoms with E-state index in [-0.39, 0.29) is 22.9 Å². The lowest BCUT2D eigenvalue weighted by Gasteiger charge is -2.28. The third kappa shape index (κ3) is 3.59. The van der Waals surface area contributed by atoms with Crippen molar-refractivity contribution in [2.75, 3.05) is 22.8 Å². The second-order valence-electron chi connectivity index (χ2n) is 6.42. The lowest BCUT2D eigenvalue weighted by molar-refractivity contribution is -0.137. The van der Waals surface area contributed by atoms with Gasteiger partial charge < -0.3 is 9.84 Å². The number of carboxylic acids is 1. The number of carboxylic acid groups (broad SMARTS) is 1. The second kappa shape index (κ2) is 7.10. The molecule has 0 radical (unpaired) electrons. The van der Waals surface area contributed by atoms with Crippen LogP contribution in [0.2, 0.25) is 0 Å². The summed E-state index contributed by atoms with van der Waals surface area (Å²) in [5.74, 6) is -1.53. The molecule has 0 unspecified atom stereocenters. The van der Waals surface area contributed by atoms with E-state index >= 15 is 0 Å². The number of amides is 1. The third-order valence-electron chi connectivity index (χ3n) is 4.51.